The minimum absolute atomic E-state index is 0. The summed E-state index contributed by atoms with van der Waals surface area (Å²) in [7, 11) is -2.91. The molecule has 0 spiro atoms. The quantitative estimate of drug-likeness (QED) is 0.381. The fraction of sp³-hybridized carbons (Fsp3) is 0.562. The molecular weight excluding hydrogens is 463 g/mol. The highest BCUT2D eigenvalue weighted by Gasteiger charge is 2.27. The Kier molecular flexibility index (Phi) is 8.52. The second-order valence-electron chi connectivity index (χ2n) is 6.39. The van der Waals surface area contributed by atoms with Gasteiger partial charge in [0, 0.05) is 18.7 Å². The van der Waals surface area contributed by atoms with Gasteiger partial charge in [-0.1, -0.05) is 0 Å². The van der Waals surface area contributed by atoms with E-state index in [1.54, 1.807) is 0 Å². The molecule has 0 radical (unpaired) electrons. The van der Waals surface area contributed by atoms with Gasteiger partial charge in [0.1, 0.15) is 11.6 Å². The molecule has 1 heterocycles. The van der Waals surface area contributed by atoms with Gasteiger partial charge in [-0.25, -0.2) is 22.2 Å². The van der Waals surface area contributed by atoms with Crippen LogP contribution in [-0.2, 0) is 16.4 Å². The third kappa shape index (κ3) is 7.85. The molecule has 0 amide bonds. The van der Waals surface area contributed by atoms with E-state index in [1.807, 2.05) is 13.8 Å². The van der Waals surface area contributed by atoms with E-state index < -0.39 is 21.5 Å². The highest BCUT2D eigenvalue weighted by molar-refractivity contribution is 14.0. The summed E-state index contributed by atoms with van der Waals surface area (Å²) in [5.41, 5.74) is 0.431. The van der Waals surface area contributed by atoms with Gasteiger partial charge in [0.05, 0.1) is 18.1 Å². The molecule has 2 rings (SSSR count). The Labute approximate surface area is 164 Å². The Balaban J connectivity index is 0.00000312. The van der Waals surface area contributed by atoms with Crippen LogP contribution in [0.2, 0.25) is 0 Å². The number of hydrogen-bond donors (Lipinski definition) is 2. The van der Waals surface area contributed by atoms with Gasteiger partial charge in [-0.15, -0.1) is 24.0 Å². The molecule has 0 aromatic heterocycles. The lowest BCUT2D eigenvalue weighted by atomic mass is 10.1. The van der Waals surface area contributed by atoms with Crippen molar-refractivity contribution in [3.8, 4) is 0 Å². The van der Waals surface area contributed by atoms with Gasteiger partial charge < -0.3 is 10.6 Å². The Morgan fingerprint density at radius 2 is 1.92 bits per heavy atom. The molecule has 2 N–H and O–H groups in total. The number of hydrogen-bond acceptors (Lipinski definition) is 3. The van der Waals surface area contributed by atoms with Crippen LogP contribution in [-0.4, -0.2) is 38.5 Å². The topological polar surface area (TPSA) is 70.6 Å². The van der Waals surface area contributed by atoms with E-state index in [1.165, 1.54) is 12.1 Å². The minimum Gasteiger partial charge on any atom is -0.356 e. The van der Waals surface area contributed by atoms with Gasteiger partial charge in [0.2, 0.25) is 0 Å². The molecule has 0 aliphatic carbocycles. The molecule has 1 aliphatic heterocycles. The molecule has 9 heteroatoms. The maximum atomic E-state index is 13.2. The van der Waals surface area contributed by atoms with Crippen LogP contribution in [0.1, 0.15) is 25.8 Å². The van der Waals surface area contributed by atoms with Crippen LogP contribution in [0.5, 0.6) is 0 Å². The van der Waals surface area contributed by atoms with E-state index in [0.717, 1.165) is 6.07 Å². The maximum absolute atomic E-state index is 13.2. The zero-order valence-electron chi connectivity index (χ0n) is 14.3. The molecular formula is C16H24F2IN3O2S. The molecule has 1 aliphatic rings. The summed E-state index contributed by atoms with van der Waals surface area (Å²) in [4.78, 5) is 4.33. The number of guanidine groups is 1. The smallest absolute Gasteiger partial charge is 0.191 e. The van der Waals surface area contributed by atoms with Crippen LogP contribution >= 0.6 is 24.0 Å². The second kappa shape index (κ2) is 9.65. The summed E-state index contributed by atoms with van der Waals surface area (Å²) in [6.45, 7) is 4.51. The first kappa shape index (κ1) is 22.1. The van der Waals surface area contributed by atoms with Gasteiger partial charge in [0.25, 0.3) is 0 Å². The molecule has 0 bridgehead atoms. The number of rotatable bonds is 5. The van der Waals surface area contributed by atoms with Crippen LogP contribution in [0.15, 0.2) is 23.2 Å². The van der Waals surface area contributed by atoms with Gasteiger partial charge in [-0.05, 0) is 43.9 Å². The Hall–Kier alpha value is -0.970. The van der Waals surface area contributed by atoms with Crippen molar-refractivity contribution in [3.05, 3.63) is 35.4 Å². The van der Waals surface area contributed by atoms with Gasteiger partial charge in [-0.3, -0.25) is 0 Å². The first-order chi connectivity index (χ1) is 11.2. The molecule has 1 atom stereocenters. The van der Waals surface area contributed by atoms with Crippen molar-refractivity contribution in [2.24, 2.45) is 10.9 Å². The van der Waals surface area contributed by atoms with Crippen molar-refractivity contribution in [2.75, 3.05) is 18.1 Å². The van der Waals surface area contributed by atoms with E-state index in [4.69, 9.17) is 0 Å². The van der Waals surface area contributed by atoms with E-state index >= 15 is 0 Å². The number of sulfone groups is 1. The number of nitrogens with zero attached hydrogens (tertiary/aromatic N) is 1. The normalized spacial score (nSPS) is 19.6. The molecule has 25 heavy (non-hydrogen) atoms. The van der Waals surface area contributed by atoms with Gasteiger partial charge in [0.15, 0.2) is 15.8 Å². The standard InChI is InChI=1S/C16H23F2N3O2S.HI/c1-11(2)21-16(19-8-12-3-4-24(22,23)10-12)20-9-13-5-14(17)7-15(18)6-13;/h5-7,11-12H,3-4,8-10H2,1-2H3,(H2,19,20,21);1H. The van der Waals surface area contributed by atoms with Gasteiger partial charge >= 0.3 is 0 Å². The van der Waals surface area contributed by atoms with Crippen molar-refractivity contribution < 1.29 is 17.2 Å². The Bertz CT molecular complexity index is 691. The molecule has 1 aromatic carbocycles. The fourth-order valence-electron chi connectivity index (χ4n) is 2.57. The summed E-state index contributed by atoms with van der Waals surface area (Å²) >= 11 is 0. The average Bonchev–Trinajstić information content (AvgIpc) is 2.80. The third-order valence-corrected chi connectivity index (χ3v) is 5.49. The Morgan fingerprint density at radius 3 is 2.44 bits per heavy atom. The molecule has 1 aromatic rings. The van der Waals surface area contributed by atoms with Crippen molar-refractivity contribution in [3.63, 3.8) is 0 Å². The molecule has 0 saturated carbocycles. The zero-order valence-corrected chi connectivity index (χ0v) is 17.4. The van der Waals surface area contributed by atoms with E-state index in [9.17, 15) is 17.2 Å². The summed E-state index contributed by atoms with van der Waals surface area (Å²) in [5, 5.41) is 6.24. The highest BCUT2D eigenvalue weighted by Crippen LogP contribution is 2.17. The largest absolute Gasteiger partial charge is 0.356 e. The van der Waals surface area contributed by atoms with Crippen LogP contribution in [0.3, 0.4) is 0 Å². The monoisotopic (exact) mass is 487 g/mol. The van der Waals surface area contributed by atoms with Crippen LogP contribution in [0, 0.1) is 17.6 Å². The lowest BCUT2D eigenvalue weighted by molar-refractivity contribution is 0.562. The third-order valence-electron chi connectivity index (χ3n) is 3.65. The molecule has 1 fully saturated rings. The van der Waals surface area contributed by atoms with E-state index in [-0.39, 0.29) is 54.0 Å². The SMILES string of the molecule is CC(C)NC(=NCc1cc(F)cc(F)c1)NCC1CCS(=O)(=O)C1.I. The molecule has 5 nitrogen and oxygen atoms in total. The summed E-state index contributed by atoms with van der Waals surface area (Å²) < 4.78 is 49.4. The maximum Gasteiger partial charge on any atom is 0.191 e. The van der Waals surface area contributed by atoms with Crippen molar-refractivity contribution >= 4 is 39.8 Å². The summed E-state index contributed by atoms with van der Waals surface area (Å²) in [6.07, 6.45) is 0.638. The first-order valence-corrected chi connectivity index (χ1v) is 9.76. The summed E-state index contributed by atoms with van der Waals surface area (Å²) in [6, 6.07) is 3.42. The molecule has 1 unspecified atom stereocenters. The number of halogens is 3. The van der Waals surface area contributed by atoms with Gasteiger partial charge in [-0.2, -0.15) is 0 Å². The van der Waals surface area contributed by atoms with E-state index in [2.05, 4.69) is 15.6 Å². The number of benzene rings is 1. The number of aliphatic imine (C=N–C) groups is 1. The fourth-order valence-corrected chi connectivity index (χ4v) is 4.43. The highest BCUT2D eigenvalue weighted by atomic mass is 127. The first-order valence-electron chi connectivity index (χ1n) is 7.94. The second-order valence-corrected chi connectivity index (χ2v) is 8.62. The lowest BCUT2D eigenvalue weighted by Crippen LogP contribution is -2.43. The van der Waals surface area contributed by atoms with Crippen LogP contribution in [0.25, 0.3) is 0 Å². The van der Waals surface area contributed by atoms with Crippen molar-refractivity contribution in [1.82, 2.24) is 10.6 Å². The average molecular weight is 487 g/mol. The number of nitrogens with one attached hydrogen (secondary N) is 2. The summed E-state index contributed by atoms with van der Waals surface area (Å²) in [5.74, 6) is -0.305. The predicted octanol–water partition coefficient (Wildman–Crippen LogP) is 2.46. The zero-order chi connectivity index (χ0) is 17.7. The Morgan fingerprint density at radius 1 is 1.28 bits per heavy atom. The minimum atomic E-state index is -2.91. The van der Waals surface area contributed by atoms with Crippen LogP contribution < -0.4 is 10.6 Å². The van der Waals surface area contributed by atoms with Crippen molar-refractivity contribution in [2.45, 2.75) is 32.9 Å². The lowest BCUT2D eigenvalue weighted by Gasteiger charge is -2.17. The predicted molar refractivity (Wildman–Crippen MR) is 106 cm³/mol. The van der Waals surface area contributed by atoms with Crippen LogP contribution in [0.4, 0.5) is 8.78 Å². The molecule has 1 saturated heterocycles. The van der Waals surface area contributed by atoms with E-state index in [0.29, 0.717) is 24.5 Å². The molecule has 142 valence electrons. The van der Waals surface area contributed by atoms with Crippen molar-refractivity contribution in [1.29, 1.82) is 0 Å².